The third-order valence-electron chi connectivity index (χ3n) is 4.95. The number of hydrogen-bond donors (Lipinski definition) is 1. The molecule has 1 aromatic rings. The zero-order valence-electron chi connectivity index (χ0n) is 13.7. The lowest BCUT2D eigenvalue weighted by atomic mass is 9.85. The van der Waals surface area contributed by atoms with Crippen LogP contribution in [0, 0.1) is 5.41 Å². The van der Waals surface area contributed by atoms with E-state index in [1.165, 1.54) is 43.2 Å². The zero-order valence-corrected chi connectivity index (χ0v) is 13.7. The Balaban J connectivity index is 1.91. The summed E-state index contributed by atoms with van der Waals surface area (Å²) in [6, 6.07) is 10.3. The number of nitrogens with one attached hydrogen (secondary N) is 1. The van der Waals surface area contributed by atoms with Crippen molar-refractivity contribution in [1.29, 1.82) is 0 Å². The molecule has 1 nitrogen and oxygen atoms in total. The van der Waals surface area contributed by atoms with Gasteiger partial charge >= 0.3 is 0 Å². The van der Waals surface area contributed by atoms with Crippen LogP contribution in [0.25, 0.3) is 0 Å². The summed E-state index contributed by atoms with van der Waals surface area (Å²) in [6.07, 6.45) is 7.88. The third kappa shape index (κ3) is 4.34. The van der Waals surface area contributed by atoms with Crippen LogP contribution >= 0.6 is 0 Å². The lowest BCUT2D eigenvalue weighted by molar-refractivity contribution is 0.307. The van der Waals surface area contributed by atoms with Crippen molar-refractivity contribution in [3.63, 3.8) is 0 Å². The first-order valence-electron chi connectivity index (χ1n) is 8.35. The molecule has 0 heterocycles. The number of hydrogen-bond acceptors (Lipinski definition) is 1. The smallest absolute Gasteiger partial charge is 0.0294 e. The molecule has 2 rings (SSSR count). The van der Waals surface area contributed by atoms with E-state index in [0.29, 0.717) is 17.5 Å². The first kappa shape index (κ1) is 15.6. The van der Waals surface area contributed by atoms with Gasteiger partial charge in [0.05, 0.1) is 0 Å². The molecule has 1 fully saturated rings. The Morgan fingerprint density at radius 2 is 1.85 bits per heavy atom. The fourth-order valence-electron chi connectivity index (χ4n) is 3.32. The Morgan fingerprint density at radius 3 is 2.50 bits per heavy atom. The van der Waals surface area contributed by atoms with Gasteiger partial charge in [-0.05, 0) is 55.6 Å². The molecule has 1 N–H and O–H groups in total. The van der Waals surface area contributed by atoms with Crippen molar-refractivity contribution in [2.24, 2.45) is 5.41 Å². The van der Waals surface area contributed by atoms with Gasteiger partial charge in [0.2, 0.25) is 0 Å². The summed E-state index contributed by atoms with van der Waals surface area (Å²) in [5.74, 6) is 0. The van der Waals surface area contributed by atoms with Crippen LogP contribution in [-0.4, -0.2) is 6.04 Å². The maximum absolute atomic E-state index is 3.85. The van der Waals surface area contributed by atoms with E-state index in [9.17, 15) is 0 Å². The van der Waals surface area contributed by atoms with Crippen LogP contribution in [0.3, 0.4) is 0 Å². The Hall–Kier alpha value is -0.820. The predicted octanol–water partition coefficient (Wildman–Crippen LogP) is 5.26. The molecular weight excluding hydrogens is 242 g/mol. The molecule has 0 spiro atoms. The van der Waals surface area contributed by atoms with Crippen LogP contribution in [0.15, 0.2) is 24.3 Å². The van der Waals surface area contributed by atoms with Crippen LogP contribution in [0.4, 0.5) is 0 Å². The first-order chi connectivity index (χ1) is 9.50. The van der Waals surface area contributed by atoms with Crippen LogP contribution in [0.2, 0.25) is 0 Å². The topological polar surface area (TPSA) is 12.0 Å². The average Bonchev–Trinajstić information content (AvgIpc) is 2.60. The van der Waals surface area contributed by atoms with Crippen molar-refractivity contribution in [2.75, 3.05) is 0 Å². The summed E-state index contributed by atoms with van der Waals surface area (Å²) in [4.78, 5) is 0. The highest BCUT2D eigenvalue weighted by atomic mass is 14.9. The summed E-state index contributed by atoms with van der Waals surface area (Å²) < 4.78 is 0. The standard InChI is InChI=1S/C19H31N/c1-5-16-8-10-17(11-9-16)15(2)20-18-7-6-13-19(3,4)14-12-18/h8-11,15,18,20H,5-7,12-14H2,1-4H3. The van der Waals surface area contributed by atoms with E-state index in [1.807, 2.05) is 0 Å². The van der Waals surface area contributed by atoms with Crippen molar-refractivity contribution >= 4 is 0 Å². The highest BCUT2D eigenvalue weighted by Gasteiger charge is 2.24. The van der Waals surface area contributed by atoms with Gasteiger partial charge in [0.1, 0.15) is 0 Å². The normalized spacial score (nSPS) is 24.1. The van der Waals surface area contributed by atoms with Crippen LogP contribution in [0.1, 0.15) is 77.0 Å². The highest BCUT2D eigenvalue weighted by molar-refractivity contribution is 5.24. The summed E-state index contributed by atoms with van der Waals surface area (Å²) in [6.45, 7) is 9.35. The predicted molar refractivity (Wildman–Crippen MR) is 88.0 cm³/mol. The molecule has 1 aliphatic rings. The lowest BCUT2D eigenvalue weighted by Crippen LogP contribution is -2.31. The molecule has 20 heavy (non-hydrogen) atoms. The van der Waals surface area contributed by atoms with Gasteiger partial charge in [0.25, 0.3) is 0 Å². The molecule has 1 aliphatic carbocycles. The quantitative estimate of drug-likeness (QED) is 0.738. The third-order valence-corrected chi connectivity index (χ3v) is 4.95. The molecule has 1 heteroatoms. The summed E-state index contributed by atoms with van der Waals surface area (Å²) in [5.41, 5.74) is 3.39. The van der Waals surface area contributed by atoms with Crippen molar-refractivity contribution < 1.29 is 0 Å². The van der Waals surface area contributed by atoms with E-state index in [2.05, 4.69) is 57.3 Å². The Labute approximate surface area is 125 Å². The number of benzene rings is 1. The van der Waals surface area contributed by atoms with E-state index >= 15 is 0 Å². The maximum atomic E-state index is 3.85. The molecule has 1 saturated carbocycles. The fraction of sp³-hybridized carbons (Fsp3) is 0.684. The molecule has 1 aromatic carbocycles. The minimum Gasteiger partial charge on any atom is -0.307 e. The van der Waals surface area contributed by atoms with E-state index in [4.69, 9.17) is 0 Å². The zero-order chi connectivity index (χ0) is 14.6. The van der Waals surface area contributed by atoms with E-state index in [0.717, 1.165) is 6.42 Å². The summed E-state index contributed by atoms with van der Waals surface area (Å²) in [7, 11) is 0. The van der Waals surface area contributed by atoms with Crippen molar-refractivity contribution in [3.05, 3.63) is 35.4 Å². The summed E-state index contributed by atoms with van der Waals surface area (Å²) >= 11 is 0. The second kappa shape index (κ2) is 6.76. The fourth-order valence-corrected chi connectivity index (χ4v) is 3.32. The van der Waals surface area contributed by atoms with Gasteiger partial charge in [-0.25, -0.2) is 0 Å². The van der Waals surface area contributed by atoms with Crippen molar-refractivity contribution in [1.82, 2.24) is 5.32 Å². The largest absolute Gasteiger partial charge is 0.307 e. The van der Waals surface area contributed by atoms with Crippen LogP contribution in [-0.2, 0) is 6.42 Å². The molecule has 2 atom stereocenters. The van der Waals surface area contributed by atoms with Gasteiger partial charge < -0.3 is 5.32 Å². The van der Waals surface area contributed by atoms with Crippen molar-refractivity contribution in [2.45, 2.75) is 78.3 Å². The monoisotopic (exact) mass is 273 g/mol. The van der Waals surface area contributed by atoms with Gasteiger partial charge in [-0.3, -0.25) is 0 Å². The van der Waals surface area contributed by atoms with E-state index < -0.39 is 0 Å². The second-order valence-corrected chi connectivity index (χ2v) is 7.28. The van der Waals surface area contributed by atoms with Gasteiger partial charge in [0, 0.05) is 12.1 Å². The average molecular weight is 273 g/mol. The van der Waals surface area contributed by atoms with Gasteiger partial charge in [-0.2, -0.15) is 0 Å². The van der Waals surface area contributed by atoms with E-state index in [-0.39, 0.29) is 0 Å². The molecule has 0 saturated heterocycles. The maximum Gasteiger partial charge on any atom is 0.0294 e. The molecule has 112 valence electrons. The second-order valence-electron chi connectivity index (χ2n) is 7.28. The van der Waals surface area contributed by atoms with Crippen molar-refractivity contribution in [3.8, 4) is 0 Å². The molecule has 0 amide bonds. The molecule has 0 aromatic heterocycles. The molecule has 0 bridgehead atoms. The SMILES string of the molecule is CCc1ccc(C(C)NC2CCCC(C)(C)CC2)cc1. The van der Waals surface area contributed by atoms with Gasteiger partial charge in [0.15, 0.2) is 0 Å². The Morgan fingerprint density at radius 1 is 1.15 bits per heavy atom. The first-order valence-corrected chi connectivity index (χ1v) is 8.35. The lowest BCUT2D eigenvalue weighted by Gasteiger charge is -2.24. The van der Waals surface area contributed by atoms with Gasteiger partial charge in [-0.1, -0.05) is 51.5 Å². The Bertz CT molecular complexity index is 404. The summed E-state index contributed by atoms with van der Waals surface area (Å²) in [5, 5.41) is 3.85. The van der Waals surface area contributed by atoms with Gasteiger partial charge in [-0.15, -0.1) is 0 Å². The molecule has 0 aliphatic heterocycles. The van der Waals surface area contributed by atoms with E-state index in [1.54, 1.807) is 0 Å². The Kier molecular flexibility index (Phi) is 5.26. The molecule has 2 unspecified atom stereocenters. The molecule has 0 radical (unpaired) electrons. The number of aryl methyl sites for hydroxylation is 1. The van der Waals surface area contributed by atoms with Crippen LogP contribution in [0.5, 0.6) is 0 Å². The molecular formula is C19H31N. The van der Waals surface area contributed by atoms with Crippen LogP contribution < -0.4 is 5.32 Å². The number of rotatable bonds is 4. The minimum absolute atomic E-state index is 0.465. The minimum atomic E-state index is 0.465. The highest BCUT2D eigenvalue weighted by Crippen LogP contribution is 2.34.